The third kappa shape index (κ3) is 6.47. The van der Waals surface area contributed by atoms with Crippen molar-refractivity contribution in [2.75, 3.05) is 19.8 Å². The third-order valence-corrected chi connectivity index (χ3v) is 7.54. The summed E-state index contributed by atoms with van der Waals surface area (Å²) >= 11 is 7.53. The summed E-state index contributed by atoms with van der Waals surface area (Å²) < 4.78 is 17.7. The van der Waals surface area contributed by atoms with Crippen molar-refractivity contribution in [2.24, 2.45) is 10.1 Å². The van der Waals surface area contributed by atoms with E-state index in [0.717, 1.165) is 17.7 Å². The largest absolute Gasteiger partial charge is 0.490 e. The second-order valence-electron chi connectivity index (χ2n) is 9.25. The van der Waals surface area contributed by atoms with Gasteiger partial charge < -0.3 is 14.2 Å². The molecule has 2 heterocycles. The fourth-order valence-electron chi connectivity index (χ4n) is 4.33. The number of amides is 1. The first-order chi connectivity index (χ1) is 19.9. The van der Waals surface area contributed by atoms with Gasteiger partial charge >= 0.3 is 0 Å². The van der Waals surface area contributed by atoms with Crippen molar-refractivity contribution in [1.29, 1.82) is 5.41 Å². The number of nitrogens with zero attached hydrogens (tertiary/aromatic N) is 3. The van der Waals surface area contributed by atoms with Crippen LogP contribution in [0.15, 0.2) is 76.3 Å². The maximum Gasteiger partial charge on any atom is 0.283 e. The Morgan fingerprint density at radius 1 is 1.00 bits per heavy atom. The number of benzene rings is 3. The second kappa shape index (κ2) is 12.6. The van der Waals surface area contributed by atoms with Gasteiger partial charge in [-0.05, 0) is 85.1 Å². The standard InChI is InChI=1S/C31H29ClN4O4S/c1-4-20-14-19(3)15-22(16-20)39-12-13-40-26-11-10-21(18-27(26)38-5-2)17-24-28(33)36-31(34-29(24)37)41-30(35-36)23-8-6-7-9-25(23)32/h6-11,14-18,33H,4-5,12-13H2,1-3H3/b24-17-,33-28?. The van der Waals surface area contributed by atoms with Gasteiger partial charge in [0.15, 0.2) is 17.3 Å². The Hall–Kier alpha value is -4.08. The predicted octanol–water partition coefficient (Wildman–Crippen LogP) is 6.73. The lowest BCUT2D eigenvalue weighted by molar-refractivity contribution is -0.114. The number of hydrazone groups is 1. The number of rotatable bonds is 10. The normalized spacial score (nSPS) is 15.5. The van der Waals surface area contributed by atoms with E-state index in [1.165, 1.54) is 22.3 Å². The van der Waals surface area contributed by atoms with Crippen molar-refractivity contribution >= 4 is 51.4 Å². The molecule has 0 fully saturated rings. The molecule has 0 radical (unpaired) electrons. The zero-order valence-corrected chi connectivity index (χ0v) is 24.5. The summed E-state index contributed by atoms with van der Waals surface area (Å²) in [6.45, 7) is 7.19. The molecule has 210 valence electrons. The van der Waals surface area contributed by atoms with E-state index in [0.29, 0.717) is 57.7 Å². The number of aliphatic imine (C=N–C) groups is 1. The van der Waals surface area contributed by atoms with E-state index in [1.807, 2.05) is 37.3 Å². The summed E-state index contributed by atoms with van der Waals surface area (Å²) in [7, 11) is 0. The molecular weight excluding hydrogens is 560 g/mol. The molecule has 3 aromatic rings. The van der Waals surface area contributed by atoms with Gasteiger partial charge in [0.1, 0.15) is 24.0 Å². The zero-order valence-electron chi connectivity index (χ0n) is 22.9. The smallest absolute Gasteiger partial charge is 0.283 e. The van der Waals surface area contributed by atoms with E-state index in [-0.39, 0.29) is 11.4 Å². The zero-order chi connectivity index (χ0) is 28.9. The lowest BCUT2D eigenvalue weighted by Gasteiger charge is -2.20. The van der Waals surface area contributed by atoms with Gasteiger partial charge in [0.05, 0.1) is 17.2 Å². The van der Waals surface area contributed by atoms with Gasteiger partial charge in [0, 0.05) is 5.56 Å². The monoisotopic (exact) mass is 588 g/mol. The van der Waals surface area contributed by atoms with Gasteiger partial charge in [0.2, 0.25) is 5.17 Å². The first kappa shape index (κ1) is 28.4. The van der Waals surface area contributed by atoms with Crippen molar-refractivity contribution < 1.29 is 19.0 Å². The molecule has 0 saturated carbocycles. The molecule has 0 aliphatic carbocycles. The van der Waals surface area contributed by atoms with Crippen LogP contribution in [-0.2, 0) is 11.2 Å². The molecule has 1 N–H and O–H groups in total. The SMILES string of the molecule is CCOc1cc(/C=C2/C(=N)N3N=C(c4ccccc4Cl)SC3=NC2=O)ccc1OCCOc1cc(C)cc(CC)c1. The summed E-state index contributed by atoms with van der Waals surface area (Å²) in [6, 6.07) is 18.9. The molecular formula is C31H29ClN4O4S. The molecule has 3 aromatic carbocycles. The van der Waals surface area contributed by atoms with Gasteiger partial charge in [0.25, 0.3) is 5.91 Å². The predicted molar refractivity (Wildman–Crippen MR) is 165 cm³/mol. The van der Waals surface area contributed by atoms with E-state index >= 15 is 0 Å². The first-order valence-electron chi connectivity index (χ1n) is 13.2. The molecule has 1 amide bonds. The van der Waals surface area contributed by atoms with Crippen LogP contribution in [0.2, 0.25) is 5.02 Å². The molecule has 0 aromatic heterocycles. The van der Waals surface area contributed by atoms with Crippen molar-refractivity contribution in [3.05, 3.63) is 93.5 Å². The topological polar surface area (TPSA) is 96.6 Å². The van der Waals surface area contributed by atoms with Crippen molar-refractivity contribution in [2.45, 2.75) is 27.2 Å². The number of carbonyl (C=O) groups excluding carboxylic acids is 1. The fraction of sp³-hybridized carbons (Fsp3) is 0.226. The minimum Gasteiger partial charge on any atom is -0.490 e. The average Bonchev–Trinajstić information content (AvgIpc) is 3.38. The Morgan fingerprint density at radius 2 is 1.80 bits per heavy atom. The minimum atomic E-state index is -0.512. The number of ether oxygens (including phenoxy) is 3. The van der Waals surface area contributed by atoms with Crippen LogP contribution in [0.5, 0.6) is 17.2 Å². The van der Waals surface area contributed by atoms with Crippen LogP contribution in [0.4, 0.5) is 0 Å². The van der Waals surface area contributed by atoms with Crippen LogP contribution < -0.4 is 14.2 Å². The van der Waals surface area contributed by atoms with Crippen molar-refractivity contribution in [3.8, 4) is 17.2 Å². The highest BCUT2D eigenvalue weighted by Crippen LogP contribution is 2.34. The van der Waals surface area contributed by atoms with Crippen LogP contribution in [0.3, 0.4) is 0 Å². The van der Waals surface area contributed by atoms with Gasteiger partial charge in [-0.3, -0.25) is 10.2 Å². The van der Waals surface area contributed by atoms with E-state index in [4.69, 9.17) is 31.2 Å². The molecule has 5 rings (SSSR count). The number of thioether (sulfide) groups is 1. The molecule has 0 saturated heterocycles. The number of carbonyl (C=O) groups is 1. The van der Waals surface area contributed by atoms with Gasteiger partial charge in [-0.15, -0.1) is 0 Å². The van der Waals surface area contributed by atoms with Crippen molar-refractivity contribution in [3.63, 3.8) is 0 Å². The number of fused-ring (bicyclic) bond motifs is 1. The van der Waals surface area contributed by atoms with E-state index in [1.54, 1.807) is 30.3 Å². The Balaban J connectivity index is 1.29. The highest BCUT2D eigenvalue weighted by atomic mass is 35.5. The number of aryl methyl sites for hydroxylation is 2. The molecule has 0 unspecified atom stereocenters. The summed E-state index contributed by atoms with van der Waals surface area (Å²) in [5, 5.41) is 16.0. The van der Waals surface area contributed by atoms with Crippen molar-refractivity contribution in [1.82, 2.24) is 5.01 Å². The van der Waals surface area contributed by atoms with Crippen LogP contribution >= 0.6 is 23.4 Å². The van der Waals surface area contributed by atoms with Crippen LogP contribution in [0, 0.1) is 12.3 Å². The lowest BCUT2D eigenvalue weighted by atomic mass is 10.1. The number of hydrogen-bond acceptors (Lipinski definition) is 7. The maximum atomic E-state index is 12.9. The van der Waals surface area contributed by atoms with Crippen LogP contribution in [0.25, 0.3) is 6.08 Å². The highest BCUT2D eigenvalue weighted by Gasteiger charge is 2.36. The summed E-state index contributed by atoms with van der Waals surface area (Å²) in [6.07, 6.45) is 2.55. The number of halogens is 1. The summed E-state index contributed by atoms with van der Waals surface area (Å²) in [5.74, 6) is 1.34. The molecule has 10 heteroatoms. The fourth-order valence-corrected chi connectivity index (χ4v) is 5.54. The number of amidine groups is 2. The average molecular weight is 589 g/mol. The first-order valence-corrected chi connectivity index (χ1v) is 14.4. The van der Waals surface area contributed by atoms with Gasteiger partial charge in [-0.1, -0.05) is 48.9 Å². The molecule has 2 aliphatic heterocycles. The second-order valence-corrected chi connectivity index (χ2v) is 10.6. The Morgan fingerprint density at radius 3 is 2.59 bits per heavy atom. The molecule has 0 spiro atoms. The quantitative estimate of drug-likeness (QED) is 0.208. The van der Waals surface area contributed by atoms with Crippen LogP contribution in [-0.4, -0.2) is 46.8 Å². The number of hydrogen-bond donors (Lipinski definition) is 1. The number of nitrogens with one attached hydrogen (secondary N) is 1. The highest BCUT2D eigenvalue weighted by molar-refractivity contribution is 8.27. The Kier molecular flexibility index (Phi) is 8.75. The molecule has 8 nitrogen and oxygen atoms in total. The van der Waals surface area contributed by atoms with Gasteiger partial charge in [-0.25, -0.2) is 0 Å². The molecule has 0 bridgehead atoms. The van der Waals surface area contributed by atoms with Gasteiger partial charge in [-0.2, -0.15) is 15.1 Å². The van der Waals surface area contributed by atoms with Crippen LogP contribution in [0.1, 0.15) is 36.1 Å². The van der Waals surface area contributed by atoms with E-state index in [9.17, 15) is 4.79 Å². The Labute approximate surface area is 248 Å². The summed E-state index contributed by atoms with van der Waals surface area (Å²) in [4.78, 5) is 17.1. The lowest BCUT2D eigenvalue weighted by Crippen LogP contribution is -2.35. The molecule has 41 heavy (non-hydrogen) atoms. The molecule has 2 aliphatic rings. The third-order valence-electron chi connectivity index (χ3n) is 6.27. The minimum absolute atomic E-state index is 0.0626. The maximum absolute atomic E-state index is 12.9. The molecule has 0 atom stereocenters. The van der Waals surface area contributed by atoms with E-state index in [2.05, 4.69) is 30.0 Å². The van der Waals surface area contributed by atoms with E-state index < -0.39 is 5.91 Å². The Bertz CT molecular complexity index is 1600. The summed E-state index contributed by atoms with van der Waals surface area (Å²) in [5.41, 5.74) is 3.89.